The van der Waals surface area contributed by atoms with E-state index in [1.165, 1.54) is 19.2 Å². The van der Waals surface area contributed by atoms with Crippen molar-refractivity contribution in [2.75, 3.05) is 18.6 Å². The summed E-state index contributed by atoms with van der Waals surface area (Å²) in [6.07, 6.45) is 1.79. The average molecular weight is 317 g/mol. The molecule has 1 heterocycles. The normalized spacial score (nSPS) is 17.7. The molecule has 1 aliphatic heterocycles. The smallest absolute Gasteiger partial charge is 0.339 e. The highest BCUT2D eigenvalue weighted by molar-refractivity contribution is 6.53. The van der Waals surface area contributed by atoms with Crippen LogP contribution in [0.25, 0.3) is 0 Å². The third-order valence-electron chi connectivity index (χ3n) is 3.63. The largest absolute Gasteiger partial charge is 0.497 e. The van der Waals surface area contributed by atoms with Crippen molar-refractivity contribution in [3.8, 4) is 5.75 Å². The number of urea groups is 1. The van der Waals surface area contributed by atoms with Crippen molar-refractivity contribution in [1.29, 1.82) is 0 Å². The number of methoxy groups -OCH3 is 1. The van der Waals surface area contributed by atoms with Gasteiger partial charge in [-0.05, 0) is 37.1 Å². The highest BCUT2D eigenvalue weighted by Gasteiger charge is 2.46. The number of hydrogen-bond acceptors (Lipinski definition) is 5. The SMILES string of the molecule is COc1ccc(N2C(=O)C(=O)N(CC(=O)NC3CC3)C2=O)cc1. The lowest BCUT2D eigenvalue weighted by atomic mass is 10.3. The maximum atomic E-state index is 12.3. The third kappa shape index (κ3) is 2.87. The van der Waals surface area contributed by atoms with E-state index in [4.69, 9.17) is 4.74 Å². The second kappa shape index (κ2) is 5.71. The van der Waals surface area contributed by atoms with Crippen LogP contribution < -0.4 is 15.0 Å². The fourth-order valence-corrected chi connectivity index (χ4v) is 2.25. The van der Waals surface area contributed by atoms with E-state index in [0.717, 1.165) is 17.7 Å². The third-order valence-corrected chi connectivity index (χ3v) is 3.63. The summed E-state index contributed by atoms with van der Waals surface area (Å²) in [6.45, 7) is -0.452. The molecule has 0 atom stereocenters. The van der Waals surface area contributed by atoms with Crippen molar-refractivity contribution in [3.05, 3.63) is 24.3 Å². The van der Waals surface area contributed by atoms with Gasteiger partial charge in [0.25, 0.3) is 0 Å². The Balaban J connectivity index is 1.76. The van der Waals surface area contributed by atoms with Crippen LogP contribution in [0.3, 0.4) is 0 Å². The van der Waals surface area contributed by atoms with Crippen LogP contribution in [0.1, 0.15) is 12.8 Å². The molecule has 8 nitrogen and oxygen atoms in total. The van der Waals surface area contributed by atoms with E-state index < -0.39 is 30.3 Å². The van der Waals surface area contributed by atoms with Gasteiger partial charge in [-0.3, -0.25) is 14.4 Å². The highest BCUT2D eigenvalue weighted by Crippen LogP contribution is 2.24. The zero-order valence-corrected chi connectivity index (χ0v) is 12.4. The van der Waals surface area contributed by atoms with Crippen molar-refractivity contribution in [2.45, 2.75) is 18.9 Å². The van der Waals surface area contributed by atoms with E-state index in [-0.39, 0.29) is 11.7 Å². The predicted octanol–water partition coefficient (Wildman–Crippen LogP) is 0.269. The van der Waals surface area contributed by atoms with Crippen molar-refractivity contribution >= 4 is 29.4 Å². The molecule has 23 heavy (non-hydrogen) atoms. The fourth-order valence-electron chi connectivity index (χ4n) is 2.25. The molecule has 3 rings (SSSR count). The van der Waals surface area contributed by atoms with E-state index in [0.29, 0.717) is 10.6 Å². The molecule has 1 N–H and O–H groups in total. The molecular weight excluding hydrogens is 302 g/mol. The first-order valence-corrected chi connectivity index (χ1v) is 7.14. The van der Waals surface area contributed by atoms with E-state index >= 15 is 0 Å². The maximum Gasteiger partial charge on any atom is 0.339 e. The monoisotopic (exact) mass is 317 g/mol. The summed E-state index contributed by atoms with van der Waals surface area (Å²) >= 11 is 0. The van der Waals surface area contributed by atoms with Crippen LogP contribution in [0.4, 0.5) is 10.5 Å². The Hall–Kier alpha value is -2.90. The number of ether oxygens (including phenoxy) is 1. The quantitative estimate of drug-likeness (QED) is 0.621. The summed E-state index contributed by atoms with van der Waals surface area (Å²) < 4.78 is 5.00. The molecule has 120 valence electrons. The minimum Gasteiger partial charge on any atom is -0.497 e. The molecule has 0 radical (unpaired) electrons. The first kappa shape index (κ1) is 15.0. The van der Waals surface area contributed by atoms with Crippen LogP contribution >= 0.6 is 0 Å². The molecule has 0 aromatic heterocycles. The highest BCUT2D eigenvalue weighted by atomic mass is 16.5. The molecule has 5 amide bonds. The number of anilines is 1. The second-order valence-corrected chi connectivity index (χ2v) is 5.35. The second-order valence-electron chi connectivity index (χ2n) is 5.35. The van der Waals surface area contributed by atoms with Crippen molar-refractivity contribution < 1.29 is 23.9 Å². The van der Waals surface area contributed by atoms with Crippen molar-refractivity contribution in [3.63, 3.8) is 0 Å². The summed E-state index contributed by atoms with van der Waals surface area (Å²) in [5, 5.41) is 2.67. The lowest BCUT2D eigenvalue weighted by Crippen LogP contribution is -2.42. The lowest BCUT2D eigenvalue weighted by molar-refractivity contribution is -0.140. The molecular formula is C15H15N3O5. The number of carbonyl (C=O) groups excluding carboxylic acids is 4. The average Bonchev–Trinajstić information content (AvgIpc) is 3.33. The topological polar surface area (TPSA) is 96.0 Å². The number of nitrogens with one attached hydrogen (secondary N) is 1. The van der Waals surface area contributed by atoms with Crippen LogP contribution in [0, 0.1) is 0 Å². The predicted molar refractivity (Wildman–Crippen MR) is 78.8 cm³/mol. The van der Waals surface area contributed by atoms with Gasteiger partial charge in [-0.15, -0.1) is 0 Å². The van der Waals surface area contributed by atoms with Gasteiger partial charge in [0, 0.05) is 6.04 Å². The number of amides is 5. The van der Waals surface area contributed by atoms with E-state index in [1.54, 1.807) is 12.1 Å². The van der Waals surface area contributed by atoms with E-state index in [1.807, 2.05) is 0 Å². The Morgan fingerprint density at radius 3 is 2.39 bits per heavy atom. The first-order valence-electron chi connectivity index (χ1n) is 7.14. The molecule has 0 spiro atoms. The molecule has 2 fully saturated rings. The summed E-state index contributed by atoms with van der Waals surface area (Å²) in [4.78, 5) is 49.5. The number of hydrogen-bond donors (Lipinski definition) is 1. The van der Waals surface area contributed by atoms with Crippen LogP contribution in [-0.2, 0) is 14.4 Å². The van der Waals surface area contributed by atoms with Gasteiger partial charge in [0.1, 0.15) is 12.3 Å². The van der Waals surface area contributed by atoms with Gasteiger partial charge in [-0.1, -0.05) is 0 Å². The summed E-state index contributed by atoms with van der Waals surface area (Å²) in [7, 11) is 1.49. The van der Waals surface area contributed by atoms with Gasteiger partial charge < -0.3 is 10.1 Å². The van der Waals surface area contributed by atoms with E-state index in [9.17, 15) is 19.2 Å². The Morgan fingerprint density at radius 2 is 1.83 bits per heavy atom. The van der Waals surface area contributed by atoms with Gasteiger partial charge in [0.05, 0.1) is 12.8 Å². The number of rotatable bonds is 5. The maximum absolute atomic E-state index is 12.3. The number of benzene rings is 1. The van der Waals surface area contributed by atoms with E-state index in [2.05, 4.69) is 5.32 Å². The summed E-state index contributed by atoms with van der Waals surface area (Å²) in [5.41, 5.74) is 0.249. The molecule has 1 saturated heterocycles. The Morgan fingerprint density at radius 1 is 1.17 bits per heavy atom. The number of nitrogens with zero attached hydrogens (tertiary/aromatic N) is 2. The van der Waals surface area contributed by atoms with Gasteiger partial charge >= 0.3 is 17.8 Å². The van der Waals surface area contributed by atoms with Crippen molar-refractivity contribution in [1.82, 2.24) is 10.2 Å². The Kier molecular flexibility index (Phi) is 3.73. The number of imide groups is 2. The van der Waals surface area contributed by atoms with Crippen LogP contribution in [0.15, 0.2) is 24.3 Å². The minimum absolute atomic E-state index is 0.115. The van der Waals surface area contributed by atoms with Crippen molar-refractivity contribution in [2.24, 2.45) is 0 Å². The standard InChI is InChI=1S/C15H15N3O5/c1-23-11-6-4-10(5-7-11)18-14(21)13(20)17(15(18)22)8-12(19)16-9-2-3-9/h4-7,9H,2-3,8H2,1H3,(H,16,19). The summed E-state index contributed by atoms with van der Waals surface area (Å²) in [5.74, 6) is -1.87. The van der Waals surface area contributed by atoms with Crippen LogP contribution in [0.5, 0.6) is 5.75 Å². The zero-order chi connectivity index (χ0) is 16.6. The fraction of sp³-hybridized carbons (Fsp3) is 0.333. The first-order chi connectivity index (χ1) is 11.0. The summed E-state index contributed by atoms with van der Waals surface area (Å²) in [6, 6.07) is 5.43. The molecule has 1 aromatic rings. The molecule has 1 aromatic carbocycles. The minimum atomic E-state index is -1.00. The van der Waals surface area contributed by atoms with Gasteiger partial charge in [-0.2, -0.15) is 0 Å². The molecule has 1 aliphatic carbocycles. The van der Waals surface area contributed by atoms with Crippen LogP contribution in [-0.4, -0.2) is 48.3 Å². The zero-order valence-electron chi connectivity index (χ0n) is 12.4. The number of carbonyl (C=O) groups is 4. The Bertz CT molecular complexity index is 681. The Labute approximate surface area is 132 Å². The lowest BCUT2D eigenvalue weighted by Gasteiger charge is -2.15. The molecule has 8 heteroatoms. The molecule has 0 bridgehead atoms. The van der Waals surface area contributed by atoms with Gasteiger partial charge in [0.15, 0.2) is 0 Å². The molecule has 2 aliphatic rings. The molecule has 1 saturated carbocycles. The molecule has 0 unspecified atom stereocenters. The van der Waals surface area contributed by atoms with Gasteiger partial charge in [-0.25, -0.2) is 14.6 Å². The van der Waals surface area contributed by atoms with Crippen LogP contribution in [0.2, 0.25) is 0 Å². The van der Waals surface area contributed by atoms with Gasteiger partial charge in [0.2, 0.25) is 5.91 Å².